The number of guanidine groups is 1. The van der Waals surface area contributed by atoms with Crippen LogP contribution in [0.1, 0.15) is 44.7 Å². The van der Waals surface area contributed by atoms with E-state index in [1.807, 2.05) is 20.8 Å². The SMILES string of the molecule is CCNC(=NCc1ccc(C)cc1OCC1CC1)NCC(C)(C)C(N)=O. The number of nitrogens with zero attached hydrogens (tertiary/aromatic N) is 1. The summed E-state index contributed by atoms with van der Waals surface area (Å²) >= 11 is 0. The fourth-order valence-corrected chi connectivity index (χ4v) is 2.32. The fourth-order valence-electron chi connectivity index (χ4n) is 2.32. The van der Waals surface area contributed by atoms with Crippen LogP contribution in [0.5, 0.6) is 5.75 Å². The van der Waals surface area contributed by atoms with Gasteiger partial charge in [0.05, 0.1) is 18.6 Å². The van der Waals surface area contributed by atoms with Gasteiger partial charge in [0.15, 0.2) is 5.96 Å². The molecule has 0 atom stereocenters. The molecule has 26 heavy (non-hydrogen) atoms. The number of nitrogens with two attached hydrogens (primary N) is 1. The third kappa shape index (κ3) is 6.24. The van der Waals surface area contributed by atoms with Crippen molar-refractivity contribution in [2.75, 3.05) is 19.7 Å². The van der Waals surface area contributed by atoms with Gasteiger partial charge in [0, 0.05) is 18.7 Å². The maximum absolute atomic E-state index is 11.5. The summed E-state index contributed by atoms with van der Waals surface area (Å²) in [6, 6.07) is 6.22. The highest BCUT2D eigenvalue weighted by Gasteiger charge is 2.25. The number of nitrogens with one attached hydrogen (secondary N) is 2. The summed E-state index contributed by atoms with van der Waals surface area (Å²) in [5.74, 6) is 1.95. The average Bonchev–Trinajstić information content (AvgIpc) is 3.41. The van der Waals surface area contributed by atoms with E-state index < -0.39 is 5.41 Å². The highest BCUT2D eigenvalue weighted by Crippen LogP contribution is 2.31. The Labute approximate surface area is 156 Å². The molecule has 1 amide bonds. The van der Waals surface area contributed by atoms with E-state index in [4.69, 9.17) is 10.5 Å². The van der Waals surface area contributed by atoms with Gasteiger partial charge in [-0.15, -0.1) is 0 Å². The van der Waals surface area contributed by atoms with Gasteiger partial charge in [0.2, 0.25) is 5.91 Å². The summed E-state index contributed by atoms with van der Waals surface area (Å²) in [4.78, 5) is 16.1. The molecule has 4 N–H and O–H groups in total. The largest absolute Gasteiger partial charge is 0.493 e. The molecule has 1 aliphatic rings. The van der Waals surface area contributed by atoms with Crippen molar-refractivity contribution in [1.29, 1.82) is 0 Å². The molecular formula is C20H32N4O2. The average molecular weight is 361 g/mol. The van der Waals surface area contributed by atoms with E-state index in [9.17, 15) is 4.79 Å². The second kappa shape index (κ2) is 8.92. The van der Waals surface area contributed by atoms with Gasteiger partial charge >= 0.3 is 0 Å². The van der Waals surface area contributed by atoms with Crippen molar-refractivity contribution in [1.82, 2.24) is 10.6 Å². The first kappa shape index (κ1) is 20.1. The second-order valence-corrected chi connectivity index (χ2v) is 7.66. The summed E-state index contributed by atoms with van der Waals surface area (Å²) in [7, 11) is 0. The third-order valence-electron chi connectivity index (χ3n) is 4.51. The van der Waals surface area contributed by atoms with Gasteiger partial charge in [0.25, 0.3) is 0 Å². The predicted molar refractivity (Wildman–Crippen MR) is 105 cm³/mol. The molecule has 0 spiro atoms. The normalized spacial score (nSPS) is 14.8. The summed E-state index contributed by atoms with van der Waals surface area (Å²) in [6.07, 6.45) is 2.53. The molecule has 6 heteroatoms. The minimum Gasteiger partial charge on any atom is -0.493 e. The van der Waals surface area contributed by atoms with Crippen LogP contribution in [0.25, 0.3) is 0 Å². The molecule has 0 unspecified atom stereocenters. The number of hydrogen-bond acceptors (Lipinski definition) is 3. The smallest absolute Gasteiger partial charge is 0.224 e. The number of aliphatic imine (C=N–C) groups is 1. The van der Waals surface area contributed by atoms with E-state index in [2.05, 4.69) is 40.7 Å². The number of aryl methyl sites for hydroxylation is 1. The quantitative estimate of drug-likeness (QED) is 0.466. The number of primary amides is 1. The van der Waals surface area contributed by atoms with Crippen LogP contribution in [0.2, 0.25) is 0 Å². The number of rotatable bonds is 9. The topological polar surface area (TPSA) is 88.7 Å². The lowest BCUT2D eigenvalue weighted by molar-refractivity contribution is -0.125. The maximum atomic E-state index is 11.5. The Bertz CT molecular complexity index is 651. The van der Waals surface area contributed by atoms with Crippen molar-refractivity contribution in [3.63, 3.8) is 0 Å². The molecule has 2 rings (SSSR count). The van der Waals surface area contributed by atoms with Crippen LogP contribution in [-0.4, -0.2) is 31.6 Å². The first-order valence-electron chi connectivity index (χ1n) is 9.36. The summed E-state index contributed by atoms with van der Waals surface area (Å²) in [6.45, 7) is 10.2. The maximum Gasteiger partial charge on any atom is 0.224 e. The number of carbonyl (C=O) groups is 1. The van der Waals surface area contributed by atoms with Crippen LogP contribution in [0, 0.1) is 18.3 Å². The molecular weight excluding hydrogens is 328 g/mol. The molecule has 1 aromatic carbocycles. The fraction of sp³-hybridized carbons (Fsp3) is 0.600. The molecule has 0 bridgehead atoms. The van der Waals surface area contributed by atoms with Crippen LogP contribution in [0.4, 0.5) is 0 Å². The lowest BCUT2D eigenvalue weighted by Crippen LogP contribution is -2.46. The van der Waals surface area contributed by atoms with E-state index in [0.717, 1.165) is 24.5 Å². The Morgan fingerprint density at radius 2 is 2.08 bits per heavy atom. The zero-order valence-electron chi connectivity index (χ0n) is 16.4. The lowest BCUT2D eigenvalue weighted by Gasteiger charge is -2.22. The number of benzene rings is 1. The Kier molecular flexibility index (Phi) is 6.89. The molecule has 0 saturated heterocycles. The molecule has 0 heterocycles. The molecule has 6 nitrogen and oxygen atoms in total. The summed E-state index contributed by atoms with van der Waals surface area (Å²) in [5.41, 5.74) is 7.03. The lowest BCUT2D eigenvalue weighted by atomic mass is 9.93. The minimum absolute atomic E-state index is 0.338. The molecule has 0 radical (unpaired) electrons. The van der Waals surface area contributed by atoms with Crippen LogP contribution in [0.3, 0.4) is 0 Å². The van der Waals surface area contributed by atoms with Gasteiger partial charge in [-0.05, 0) is 58.1 Å². The van der Waals surface area contributed by atoms with Crippen LogP contribution in [-0.2, 0) is 11.3 Å². The van der Waals surface area contributed by atoms with Crippen molar-refractivity contribution in [2.24, 2.45) is 22.1 Å². The first-order valence-corrected chi connectivity index (χ1v) is 9.36. The van der Waals surface area contributed by atoms with Crippen LogP contribution >= 0.6 is 0 Å². The van der Waals surface area contributed by atoms with Gasteiger partial charge in [-0.1, -0.05) is 12.1 Å². The van der Waals surface area contributed by atoms with E-state index in [0.29, 0.717) is 25.0 Å². The minimum atomic E-state index is -0.640. The highest BCUT2D eigenvalue weighted by molar-refractivity contribution is 5.83. The van der Waals surface area contributed by atoms with Crippen LogP contribution < -0.4 is 21.1 Å². The number of ether oxygens (including phenoxy) is 1. The van der Waals surface area contributed by atoms with E-state index in [1.165, 1.54) is 18.4 Å². The Morgan fingerprint density at radius 3 is 2.69 bits per heavy atom. The zero-order chi connectivity index (χ0) is 19.2. The molecule has 1 saturated carbocycles. The molecule has 144 valence electrons. The van der Waals surface area contributed by atoms with Crippen molar-refractivity contribution >= 4 is 11.9 Å². The standard InChI is InChI=1S/C20H32N4O2/c1-5-22-19(24-13-20(3,4)18(21)25)23-11-16-9-6-14(2)10-17(16)26-12-15-7-8-15/h6,9-10,15H,5,7-8,11-13H2,1-4H3,(H2,21,25)(H2,22,23,24). The molecule has 0 aliphatic heterocycles. The van der Waals surface area contributed by atoms with Gasteiger partial charge < -0.3 is 21.1 Å². The molecule has 1 aliphatic carbocycles. The van der Waals surface area contributed by atoms with Crippen molar-refractivity contribution in [3.05, 3.63) is 29.3 Å². The summed E-state index contributed by atoms with van der Waals surface area (Å²) in [5, 5.41) is 6.40. The summed E-state index contributed by atoms with van der Waals surface area (Å²) < 4.78 is 6.01. The molecule has 1 aromatic rings. The Balaban J connectivity index is 2.04. The van der Waals surface area contributed by atoms with Crippen molar-refractivity contribution < 1.29 is 9.53 Å². The molecule has 1 fully saturated rings. The van der Waals surface area contributed by atoms with E-state index in [-0.39, 0.29) is 5.91 Å². The number of hydrogen-bond donors (Lipinski definition) is 3. The van der Waals surface area contributed by atoms with Gasteiger partial charge in [-0.3, -0.25) is 4.79 Å². The Morgan fingerprint density at radius 1 is 1.35 bits per heavy atom. The predicted octanol–water partition coefficient (Wildman–Crippen LogP) is 2.35. The van der Waals surface area contributed by atoms with Gasteiger partial charge in [-0.25, -0.2) is 4.99 Å². The third-order valence-corrected chi connectivity index (χ3v) is 4.51. The van der Waals surface area contributed by atoms with Crippen LogP contribution in [0.15, 0.2) is 23.2 Å². The van der Waals surface area contributed by atoms with E-state index >= 15 is 0 Å². The van der Waals surface area contributed by atoms with Gasteiger partial charge in [-0.2, -0.15) is 0 Å². The monoisotopic (exact) mass is 360 g/mol. The van der Waals surface area contributed by atoms with E-state index in [1.54, 1.807) is 0 Å². The first-order chi connectivity index (χ1) is 12.3. The Hall–Kier alpha value is -2.24. The highest BCUT2D eigenvalue weighted by atomic mass is 16.5. The molecule has 0 aromatic heterocycles. The van der Waals surface area contributed by atoms with Crippen molar-refractivity contribution in [3.8, 4) is 5.75 Å². The van der Waals surface area contributed by atoms with Gasteiger partial charge in [0.1, 0.15) is 5.75 Å². The zero-order valence-corrected chi connectivity index (χ0v) is 16.4. The number of amides is 1. The second-order valence-electron chi connectivity index (χ2n) is 7.66. The van der Waals surface area contributed by atoms with Crippen molar-refractivity contribution in [2.45, 2.75) is 47.1 Å². The number of carbonyl (C=O) groups excluding carboxylic acids is 1.